The van der Waals surface area contributed by atoms with Crippen molar-refractivity contribution in [2.45, 2.75) is 26.3 Å². The standard InChI is InChI=1S/C14H18N4O/c1-8-5-6-15-13(8)14(19)18-10-3-4-11-12(7-10)17-9(2)16-11/h3-4,7-8,13,15H,5-6H2,1-2H3,(H,16,17)(H,18,19). The van der Waals surface area contributed by atoms with Gasteiger partial charge < -0.3 is 15.6 Å². The number of rotatable bonds is 2. The third-order valence-corrected chi connectivity index (χ3v) is 3.68. The largest absolute Gasteiger partial charge is 0.342 e. The summed E-state index contributed by atoms with van der Waals surface area (Å²) in [6.07, 6.45) is 1.05. The van der Waals surface area contributed by atoms with Gasteiger partial charge in [0.25, 0.3) is 0 Å². The second kappa shape index (κ2) is 4.66. The molecular formula is C14H18N4O. The van der Waals surface area contributed by atoms with Crippen LogP contribution in [0.3, 0.4) is 0 Å². The Labute approximate surface area is 111 Å². The van der Waals surface area contributed by atoms with Crippen molar-refractivity contribution < 1.29 is 4.79 Å². The van der Waals surface area contributed by atoms with Crippen LogP contribution in [0.1, 0.15) is 19.2 Å². The normalized spacial score (nSPS) is 22.8. The first-order valence-electron chi connectivity index (χ1n) is 6.64. The molecule has 2 unspecified atom stereocenters. The maximum Gasteiger partial charge on any atom is 0.241 e. The van der Waals surface area contributed by atoms with Crippen LogP contribution in [0.25, 0.3) is 11.0 Å². The number of hydrogen-bond acceptors (Lipinski definition) is 3. The van der Waals surface area contributed by atoms with E-state index < -0.39 is 0 Å². The fraction of sp³-hybridized carbons (Fsp3) is 0.429. The molecule has 2 atom stereocenters. The number of H-pyrrole nitrogens is 1. The van der Waals surface area contributed by atoms with Gasteiger partial charge >= 0.3 is 0 Å². The average Bonchev–Trinajstić information content (AvgIpc) is 2.93. The van der Waals surface area contributed by atoms with Gasteiger partial charge in [-0.15, -0.1) is 0 Å². The van der Waals surface area contributed by atoms with E-state index >= 15 is 0 Å². The lowest BCUT2D eigenvalue weighted by molar-refractivity contribution is -0.118. The Morgan fingerprint density at radius 1 is 1.47 bits per heavy atom. The van der Waals surface area contributed by atoms with E-state index in [9.17, 15) is 4.79 Å². The van der Waals surface area contributed by atoms with Gasteiger partial charge in [-0.3, -0.25) is 4.79 Å². The lowest BCUT2D eigenvalue weighted by Gasteiger charge is -2.15. The van der Waals surface area contributed by atoms with Gasteiger partial charge in [-0.25, -0.2) is 4.98 Å². The molecule has 100 valence electrons. The zero-order chi connectivity index (χ0) is 13.4. The molecular weight excluding hydrogens is 240 g/mol. The number of aryl methyl sites for hydroxylation is 1. The number of carbonyl (C=O) groups is 1. The fourth-order valence-electron chi connectivity index (χ4n) is 2.62. The van der Waals surface area contributed by atoms with Crippen LogP contribution in [0.4, 0.5) is 5.69 Å². The van der Waals surface area contributed by atoms with Crippen LogP contribution in [0.2, 0.25) is 0 Å². The van der Waals surface area contributed by atoms with Crippen LogP contribution in [0.5, 0.6) is 0 Å². The van der Waals surface area contributed by atoms with Crippen molar-refractivity contribution in [2.24, 2.45) is 5.92 Å². The van der Waals surface area contributed by atoms with Crippen LogP contribution in [-0.2, 0) is 4.79 Å². The van der Waals surface area contributed by atoms with Crippen molar-refractivity contribution in [3.8, 4) is 0 Å². The quantitative estimate of drug-likeness (QED) is 0.769. The van der Waals surface area contributed by atoms with Crippen LogP contribution in [0.15, 0.2) is 18.2 Å². The maximum absolute atomic E-state index is 12.2. The molecule has 1 amide bonds. The summed E-state index contributed by atoms with van der Waals surface area (Å²) in [5.74, 6) is 1.31. The SMILES string of the molecule is Cc1nc2ccc(NC(=O)C3NCCC3C)cc2[nH]1. The molecule has 0 radical (unpaired) electrons. The van der Waals surface area contributed by atoms with Crippen LogP contribution < -0.4 is 10.6 Å². The fourth-order valence-corrected chi connectivity index (χ4v) is 2.62. The van der Waals surface area contributed by atoms with Crippen LogP contribution in [-0.4, -0.2) is 28.5 Å². The van der Waals surface area contributed by atoms with E-state index in [0.717, 1.165) is 35.5 Å². The van der Waals surface area contributed by atoms with Gasteiger partial charge in [-0.05, 0) is 44.0 Å². The number of anilines is 1. The molecule has 19 heavy (non-hydrogen) atoms. The summed E-state index contributed by atoms with van der Waals surface area (Å²) in [4.78, 5) is 19.7. The molecule has 1 saturated heterocycles. The van der Waals surface area contributed by atoms with E-state index in [1.54, 1.807) is 0 Å². The van der Waals surface area contributed by atoms with Crippen molar-refractivity contribution in [2.75, 3.05) is 11.9 Å². The summed E-state index contributed by atoms with van der Waals surface area (Å²) in [5, 5.41) is 6.20. The molecule has 1 aliphatic rings. The summed E-state index contributed by atoms with van der Waals surface area (Å²) in [6.45, 7) is 4.94. The summed E-state index contributed by atoms with van der Waals surface area (Å²) in [6, 6.07) is 5.65. The first kappa shape index (κ1) is 12.2. The molecule has 1 aliphatic heterocycles. The first-order valence-corrected chi connectivity index (χ1v) is 6.64. The van der Waals surface area contributed by atoms with Gasteiger partial charge in [0.1, 0.15) is 5.82 Å². The number of hydrogen-bond donors (Lipinski definition) is 3. The highest BCUT2D eigenvalue weighted by atomic mass is 16.2. The monoisotopic (exact) mass is 258 g/mol. The average molecular weight is 258 g/mol. The second-order valence-corrected chi connectivity index (χ2v) is 5.24. The van der Waals surface area contributed by atoms with E-state index in [-0.39, 0.29) is 11.9 Å². The first-order chi connectivity index (χ1) is 9.13. The van der Waals surface area contributed by atoms with Gasteiger partial charge in [-0.1, -0.05) is 6.92 Å². The predicted molar refractivity (Wildman–Crippen MR) is 75.0 cm³/mol. The van der Waals surface area contributed by atoms with E-state index in [0.29, 0.717) is 5.92 Å². The minimum Gasteiger partial charge on any atom is -0.342 e. The Hall–Kier alpha value is -1.88. The highest BCUT2D eigenvalue weighted by molar-refractivity contribution is 5.96. The number of nitrogens with zero attached hydrogens (tertiary/aromatic N) is 1. The molecule has 1 aromatic heterocycles. The number of aromatic amines is 1. The Morgan fingerprint density at radius 3 is 3.05 bits per heavy atom. The van der Waals surface area contributed by atoms with Crippen molar-refractivity contribution in [1.82, 2.24) is 15.3 Å². The van der Waals surface area contributed by atoms with Crippen molar-refractivity contribution in [3.63, 3.8) is 0 Å². The molecule has 0 spiro atoms. The van der Waals surface area contributed by atoms with E-state index in [1.807, 2.05) is 25.1 Å². The Bertz CT molecular complexity index is 619. The van der Waals surface area contributed by atoms with Crippen LogP contribution in [0, 0.1) is 12.8 Å². The second-order valence-electron chi connectivity index (χ2n) is 5.24. The number of carbonyl (C=O) groups excluding carboxylic acids is 1. The predicted octanol–water partition coefficient (Wildman–Crippen LogP) is 1.81. The summed E-state index contributed by atoms with van der Waals surface area (Å²) in [5.41, 5.74) is 2.67. The number of imidazole rings is 1. The van der Waals surface area contributed by atoms with Gasteiger partial charge in [0.05, 0.1) is 17.1 Å². The zero-order valence-corrected chi connectivity index (χ0v) is 11.2. The molecule has 1 aromatic carbocycles. The Morgan fingerprint density at radius 2 is 2.32 bits per heavy atom. The third-order valence-electron chi connectivity index (χ3n) is 3.68. The number of benzene rings is 1. The smallest absolute Gasteiger partial charge is 0.241 e. The Kier molecular flexibility index (Phi) is 2.98. The molecule has 5 heteroatoms. The molecule has 3 N–H and O–H groups in total. The van der Waals surface area contributed by atoms with E-state index in [1.165, 1.54) is 0 Å². The molecule has 2 aromatic rings. The molecule has 3 rings (SSSR count). The minimum absolute atomic E-state index is 0.0422. The van der Waals surface area contributed by atoms with Crippen LogP contribution >= 0.6 is 0 Å². The number of nitrogens with one attached hydrogen (secondary N) is 3. The highest BCUT2D eigenvalue weighted by Crippen LogP contribution is 2.19. The van der Waals surface area contributed by atoms with Gasteiger partial charge in [0.2, 0.25) is 5.91 Å². The Balaban J connectivity index is 1.79. The lowest BCUT2D eigenvalue weighted by Crippen LogP contribution is -2.39. The number of amides is 1. The summed E-state index contributed by atoms with van der Waals surface area (Å²) < 4.78 is 0. The van der Waals surface area contributed by atoms with E-state index in [4.69, 9.17) is 0 Å². The van der Waals surface area contributed by atoms with Crippen molar-refractivity contribution in [3.05, 3.63) is 24.0 Å². The zero-order valence-electron chi connectivity index (χ0n) is 11.2. The topological polar surface area (TPSA) is 69.8 Å². The van der Waals surface area contributed by atoms with Crippen molar-refractivity contribution in [1.29, 1.82) is 0 Å². The van der Waals surface area contributed by atoms with E-state index in [2.05, 4.69) is 27.5 Å². The molecule has 2 heterocycles. The molecule has 0 aliphatic carbocycles. The van der Waals surface area contributed by atoms with Crippen molar-refractivity contribution >= 4 is 22.6 Å². The lowest BCUT2D eigenvalue weighted by atomic mass is 10.0. The highest BCUT2D eigenvalue weighted by Gasteiger charge is 2.29. The maximum atomic E-state index is 12.2. The molecule has 0 bridgehead atoms. The molecule has 0 saturated carbocycles. The van der Waals surface area contributed by atoms with Gasteiger partial charge in [0.15, 0.2) is 0 Å². The molecule has 5 nitrogen and oxygen atoms in total. The third kappa shape index (κ3) is 2.33. The molecule has 1 fully saturated rings. The number of aromatic nitrogens is 2. The minimum atomic E-state index is -0.0841. The van der Waals surface area contributed by atoms with Gasteiger partial charge in [0, 0.05) is 5.69 Å². The summed E-state index contributed by atoms with van der Waals surface area (Å²) in [7, 11) is 0. The number of fused-ring (bicyclic) bond motifs is 1. The van der Waals surface area contributed by atoms with Gasteiger partial charge in [-0.2, -0.15) is 0 Å². The summed E-state index contributed by atoms with van der Waals surface area (Å²) >= 11 is 0.